The van der Waals surface area contributed by atoms with Gasteiger partial charge in [-0.25, -0.2) is 9.59 Å². The molecule has 0 aromatic heterocycles. The van der Waals surface area contributed by atoms with Gasteiger partial charge in [0.25, 0.3) is 0 Å². The molecule has 2 aromatic carbocycles. The molecule has 0 aliphatic carbocycles. The molecule has 3 rings (SSSR count). The van der Waals surface area contributed by atoms with Crippen molar-refractivity contribution in [3.8, 4) is 22.6 Å². The summed E-state index contributed by atoms with van der Waals surface area (Å²) in [6, 6.07) is 7.52. The van der Waals surface area contributed by atoms with Crippen molar-refractivity contribution < 1.29 is 29.0 Å². The minimum atomic E-state index is -1.21. The average molecular weight is 410 g/mol. The minimum absolute atomic E-state index is 0.0343. The molecule has 0 saturated heterocycles. The number of rotatable bonds is 7. The van der Waals surface area contributed by atoms with Crippen molar-refractivity contribution in [3.05, 3.63) is 46.5 Å². The number of aldehydes is 1. The Bertz CT molecular complexity index is 1020. The third-order valence-electron chi connectivity index (χ3n) is 5.35. The highest BCUT2D eigenvalue weighted by atomic mass is 16.5. The quantitative estimate of drug-likeness (QED) is 0.231. The van der Waals surface area contributed by atoms with Gasteiger partial charge in [-0.2, -0.15) is 0 Å². The van der Waals surface area contributed by atoms with Crippen LogP contribution in [0.5, 0.6) is 11.5 Å². The van der Waals surface area contributed by atoms with Crippen LogP contribution in [0, 0.1) is 6.92 Å². The van der Waals surface area contributed by atoms with E-state index < -0.39 is 17.5 Å². The SMILES string of the molecule is CCCCCc1cc2c(c(OC(=O)C=O)c1C(=O)O)-c1cc(C)ccc1C(C)(C)O2. The Morgan fingerprint density at radius 1 is 1.20 bits per heavy atom. The molecule has 1 heterocycles. The lowest BCUT2D eigenvalue weighted by Gasteiger charge is -2.36. The second-order valence-corrected chi connectivity index (χ2v) is 8.08. The van der Waals surface area contributed by atoms with Crippen LogP contribution >= 0.6 is 0 Å². The van der Waals surface area contributed by atoms with E-state index in [4.69, 9.17) is 9.47 Å². The van der Waals surface area contributed by atoms with Gasteiger partial charge in [-0.15, -0.1) is 0 Å². The monoisotopic (exact) mass is 410 g/mol. The molecule has 30 heavy (non-hydrogen) atoms. The number of benzene rings is 2. The molecule has 158 valence electrons. The third-order valence-corrected chi connectivity index (χ3v) is 5.35. The lowest BCUT2D eigenvalue weighted by Crippen LogP contribution is -2.30. The average Bonchev–Trinajstić information content (AvgIpc) is 2.66. The van der Waals surface area contributed by atoms with Crippen LogP contribution in [-0.2, 0) is 21.6 Å². The summed E-state index contributed by atoms with van der Waals surface area (Å²) in [6.07, 6.45) is 3.24. The van der Waals surface area contributed by atoms with Gasteiger partial charge in [0, 0.05) is 5.56 Å². The number of esters is 1. The predicted molar refractivity (Wildman–Crippen MR) is 112 cm³/mol. The first-order valence-electron chi connectivity index (χ1n) is 10.1. The number of aromatic carboxylic acids is 1. The van der Waals surface area contributed by atoms with E-state index in [1.54, 1.807) is 6.07 Å². The van der Waals surface area contributed by atoms with Gasteiger partial charge in [0.15, 0.2) is 5.75 Å². The van der Waals surface area contributed by atoms with Gasteiger partial charge in [0.1, 0.15) is 16.9 Å². The zero-order chi connectivity index (χ0) is 22.1. The van der Waals surface area contributed by atoms with Crippen LogP contribution in [0.1, 0.15) is 67.1 Å². The van der Waals surface area contributed by atoms with E-state index in [1.165, 1.54) is 0 Å². The molecule has 0 saturated carbocycles. The van der Waals surface area contributed by atoms with E-state index in [0.29, 0.717) is 23.3 Å². The number of carbonyl (C=O) groups excluding carboxylic acids is 2. The molecule has 0 fully saturated rings. The van der Waals surface area contributed by atoms with Gasteiger partial charge < -0.3 is 14.6 Å². The first-order chi connectivity index (χ1) is 14.2. The van der Waals surface area contributed by atoms with Crippen LogP contribution in [0.2, 0.25) is 0 Å². The van der Waals surface area contributed by atoms with Gasteiger partial charge in [-0.3, -0.25) is 4.79 Å². The maximum Gasteiger partial charge on any atom is 0.376 e. The zero-order valence-corrected chi connectivity index (χ0v) is 17.7. The lowest BCUT2D eigenvalue weighted by atomic mass is 9.83. The van der Waals surface area contributed by atoms with Crippen LogP contribution in [0.25, 0.3) is 11.1 Å². The van der Waals surface area contributed by atoms with Crippen molar-refractivity contribution in [3.63, 3.8) is 0 Å². The molecule has 0 unspecified atom stereocenters. The van der Waals surface area contributed by atoms with E-state index in [-0.39, 0.29) is 17.6 Å². The topological polar surface area (TPSA) is 89.9 Å². The largest absolute Gasteiger partial charge is 0.482 e. The number of carbonyl (C=O) groups is 3. The lowest BCUT2D eigenvalue weighted by molar-refractivity contribution is -0.141. The zero-order valence-electron chi connectivity index (χ0n) is 17.7. The third kappa shape index (κ3) is 3.95. The number of carboxylic acids is 1. The summed E-state index contributed by atoms with van der Waals surface area (Å²) in [5.41, 5.74) is 2.70. The molecule has 1 aliphatic heterocycles. The van der Waals surface area contributed by atoms with Crippen molar-refractivity contribution in [2.75, 3.05) is 0 Å². The Balaban J connectivity index is 2.35. The van der Waals surface area contributed by atoms with E-state index in [2.05, 4.69) is 6.92 Å². The normalized spacial score (nSPS) is 13.6. The number of ether oxygens (including phenoxy) is 2. The molecule has 0 amide bonds. The van der Waals surface area contributed by atoms with Crippen molar-refractivity contribution >= 4 is 18.2 Å². The molecular formula is C24H26O6. The Labute approximate surface area is 175 Å². The fourth-order valence-corrected chi connectivity index (χ4v) is 3.96. The fourth-order valence-electron chi connectivity index (χ4n) is 3.96. The second kappa shape index (κ2) is 8.30. The van der Waals surface area contributed by atoms with Gasteiger partial charge in [-0.1, -0.05) is 43.5 Å². The molecule has 2 aromatic rings. The molecule has 0 bridgehead atoms. The fraction of sp³-hybridized carbons (Fsp3) is 0.375. The van der Waals surface area contributed by atoms with Gasteiger partial charge in [0.05, 0.1) is 5.56 Å². The summed E-state index contributed by atoms with van der Waals surface area (Å²) in [4.78, 5) is 35.1. The molecule has 1 N–H and O–H groups in total. The number of unbranched alkanes of at least 4 members (excludes halogenated alkanes) is 2. The van der Waals surface area contributed by atoms with Crippen molar-refractivity contribution in [1.82, 2.24) is 0 Å². The molecular weight excluding hydrogens is 384 g/mol. The van der Waals surface area contributed by atoms with Crippen molar-refractivity contribution in [2.24, 2.45) is 0 Å². The summed E-state index contributed by atoms with van der Waals surface area (Å²) in [5, 5.41) is 9.97. The molecule has 0 radical (unpaired) electrons. The number of aryl methyl sites for hydroxylation is 2. The van der Waals surface area contributed by atoms with Crippen LogP contribution in [0.4, 0.5) is 0 Å². The molecule has 6 heteroatoms. The highest BCUT2D eigenvalue weighted by Gasteiger charge is 2.37. The van der Waals surface area contributed by atoms with E-state index >= 15 is 0 Å². The van der Waals surface area contributed by atoms with Crippen LogP contribution in [0.3, 0.4) is 0 Å². The summed E-state index contributed by atoms with van der Waals surface area (Å²) >= 11 is 0. The number of carboxylic acid groups (broad SMARTS) is 1. The summed E-state index contributed by atoms with van der Waals surface area (Å²) in [5.74, 6) is -2.05. The maximum atomic E-state index is 12.2. The van der Waals surface area contributed by atoms with Gasteiger partial charge >= 0.3 is 11.9 Å². The Morgan fingerprint density at radius 3 is 2.57 bits per heavy atom. The van der Waals surface area contributed by atoms with E-state index in [0.717, 1.165) is 36.0 Å². The smallest absolute Gasteiger partial charge is 0.376 e. The van der Waals surface area contributed by atoms with Gasteiger partial charge in [0.2, 0.25) is 6.29 Å². The van der Waals surface area contributed by atoms with E-state index in [9.17, 15) is 19.5 Å². The predicted octanol–water partition coefficient (Wildman–Crippen LogP) is 4.82. The molecule has 6 nitrogen and oxygen atoms in total. The first kappa shape index (κ1) is 21.6. The van der Waals surface area contributed by atoms with Crippen LogP contribution in [0.15, 0.2) is 24.3 Å². The summed E-state index contributed by atoms with van der Waals surface area (Å²) in [7, 11) is 0. The summed E-state index contributed by atoms with van der Waals surface area (Å²) < 4.78 is 11.5. The molecule has 0 atom stereocenters. The highest BCUT2D eigenvalue weighted by Crippen LogP contribution is 2.51. The van der Waals surface area contributed by atoms with Crippen molar-refractivity contribution in [2.45, 2.75) is 59.0 Å². The number of fused-ring (bicyclic) bond motifs is 3. The maximum absolute atomic E-state index is 12.2. The Morgan fingerprint density at radius 2 is 1.93 bits per heavy atom. The Hall–Kier alpha value is -3.15. The second-order valence-electron chi connectivity index (χ2n) is 8.08. The summed E-state index contributed by atoms with van der Waals surface area (Å²) in [6.45, 7) is 7.86. The molecule has 1 aliphatic rings. The number of hydrogen-bond donors (Lipinski definition) is 1. The van der Waals surface area contributed by atoms with Crippen LogP contribution < -0.4 is 9.47 Å². The minimum Gasteiger partial charge on any atom is -0.482 e. The van der Waals surface area contributed by atoms with Crippen LogP contribution in [-0.4, -0.2) is 23.3 Å². The molecule has 0 spiro atoms. The van der Waals surface area contributed by atoms with Crippen molar-refractivity contribution in [1.29, 1.82) is 0 Å². The van der Waals surface area contributed by atoms with E-state index in [1.807, 2.05) is 39.0 Å². The van der Waals surface area contributed by atoms with Gasteiger partial charge in [-0.05, 0) is 50.8 Å². The first-order valence-corrected chi connectivity index (χ1v) is 10.1. The highest BCUT2D eigenvalue weighted by molar-refractivity contribution is 6.21. The number of hydrogen-bond acceptors (Lipinski definition) is 5. The Kier molecular flexibility index (Phi) is 5.97. The standard InChI is InChI=1S/C24H26O6/c1-5-6-7-8-15-12-18-21(22(20(15)23(27)28)29-19(26)13-25)16-11-14(2)9-10-17(16)24(3,4)30-18/h9-13H,5-8H2,1-4H3,(H,27,28).